The summed E-state index contributed by atoms with van der Waals surface area (Å²) in [7, 11) is 0. The number of hydrogen-bond donors (Lipinski definition) is 0. The topological polar surface area (TPSA) is 65.6 Å². The second kappa shape index (κ2) is 13.3. The maximum atomic E-state index is 14.5. The van der Waals surface area contributed by atoms with E-state index in [-0.39, 0.29) is 12.2 Å². The van der Waals surface area contributed by atoms with Gasteiger partial charge in [-0.25, -0.2) is 9.79 Å². The van der Waals surface area contributed by atoms with Crippen LogP contribution in [0.5, 0.6) is 0 Å². The highest BCUT2D eigenvalue weighted by atomic mass is 35.5. The predicted octanol–water partition coefficient (Wildman–Crippen LogP) is 7.72. The summed E-state index contributed by atoms with van der Waals surface area (Å²) in [6.07, 6.45) is 4.02. The molecule has 0 unspecified atom stereocenters. The summed E-state index contributed by atoms with van der Waals surface area (Å²) < 4.78 is 9.99. The van der Waals surface area contributed by atoms with Crippen molar-refractivity contribution >= 4 is 51.6 Å². The van der Waals surface area contributed by atoms with E-state index in [1.807, 2.05) is 78.9 Å². The van der Waals surface area contributed by atoms with Crippen molar-refractivity contribution < 1.29 is 9.53 Å². The molecule has 6 aromatic rings. The zero-order valence-corrected chi connectivity index (χ0v) is 28.5. The van der Waals surface area contributed by atoms with Crippen LogP contribution in [-0.4, -0.2) is 21.7 Å². The summed E-state index contributed by atoms with van der Waals surface area (Å²) >= 11 is 7.62. The minimum Gasteiger partial charge on any atom is -0.463 e. The third kappa shape index (κ3) is 5.96. The van der Waals surface area contributed by atoms with Gasteiger partial charge in [-0.2, -0.15) is 0 Å². The molecule has 6 nitrogen and oxygen atoms in total. The minimum atomic E-state index is -0.719. The molecule has 7 rings (SSSR count). The van der Waals surface area contributed by atoms with E-state index in [4.69, 9.17) is 21.3 Å². The molecule has 1 aliphatic rings. The number of halogens is 1. The third-order valence-corrected chi connectivity index (χ3v) is 9.86. The molecule has 4 aromatic carbocycles. The molecule has 0 saturated heterocycles. The molecule has 0 spiro atoms. The highest BCUT2D eigenvalue weighted by Gasteiger charge is 2.35. The predicted molar refractivity (Wildman–Crippen MR) is 194 cm³/mol. The van der Waals surface area contributed by atoms with Gasteiger partial charge >= 0.3 is 5.97 Å². The Balaban J connectivity index is 1.44. The molecule has 2 aromatic heterocycles. The van der Waals surface area contributed by atoms with Gasteiger partial charge in [0.2, 0.25) is 0 Å². The number of ether oxygens (including phenoxy) is 1. The average molecular weight is 672 g/mol. The van der Waals surface area contributed by atoms with Gasteiger partial charge < -0.3 is 9.30 Å². The fourth-order valence-corrected chi connectivity index (χ4v) is 7.52. The first-order valence-electron chi connectivity index (χ1n) is 16.0. The molecule has 0 radical (unpaired) electrons. The summed E-state index contributed by atoms with van der Waals surface area (Å²) in [5.74, 6) is -0.154. The normalized spacial score (nSPS) is 14.8. The molecular weight excluding hydrogens is 638 g/mol. The lowest BCUT2D eigenvalue weighted by Gasteiger charge is -2.26. The van der Waals surface area contributed by atoms with E-state index >= 15 is 0 Å². The van der Waals surface area contributed by atoms with Crippen molar-refractivity contribution in [1.82, 2.24) is 9.13 Å². The van der Waals surface area contributed by atoms with E-state index in [1.165, 1.54) is 16.9 Å². The van der Waals surface area contributed by atoms with Crippen molar-refractivity contribution in [3.05, 3.63) is 167 Å². The van der Waals surface area contributed by atoms with Gasteiger partial charge in [-0.3, -0.25) is 9.36 Å². The number of aromatic nitrogens is 2. The van der Waals surface area contributed by atoms with Crippen LogP contribution in [0.3, 0.4) is 0 Å². The van der Waals surface area contributed by atoms with E-state index in [0.717, 1.165) is 33.2 Å². The van der Waals surface area contributed by atoms with Crippen molar-refractivity contribution in [3.8, 4) is 0 Å². The maximum Gasteiger partial charge on any atom is 0.338 e. The van der Waals surface area contributed by atoms with Crippen LogP contribution in [0.15, 0.2) is 125 Å². The van der Waals surface area contributed by atoms with E-state index in [0.29, 0.717) is 38.1 Å². The van der Waals surface area contributed by atoms with E-state index < -0.39 is 12.0 Å². The van der Waals surface area contributed by atoms with Crippen molar-refractivity contribution in [2.75, 3.05) is 6.61 Å². The number of carbonyl (C=O) groups excluding carboxylic acids is 1. The first-order valence-corrected chi connectivity index (χ1v) is 17.2. The lowest BCUT2D eigenvalue weighted by Crippen LogP contribution is -2.40. The standard InChI is InChI=1S/C40H34ClN3O3S/c1-4-47-39(46)35-36(28-12-6-5-7-13-28)42-40-44(37(35)29-19-17-27(18-20-29)25(2)3)38(45)34(48-40)22-30-24-43(33-16-9-8-15-32(30)33)23-26-11-10-14-31(41)21-26/h5-22,24-25,37H,4,23H2,1-3H3/b34-22-/t37-/m0/s1. The number of esters is 1. The lowest BCUT2D eigenvalue weighted by molar-refractivity contribution is -0.138. The highest BCUT2D eigenvalue weighted by molar-refractivity contribution is 7.07. The van der Waals surface area contributed by atoms with Crippen molar-refractivity contribution in [2.24, 2.45) is 4.99 Å². The first kappa shape index (κ1) is 31.6. The fraction of sp³-hybridized carbons (Fsp3) is 0.175. The van der Waals surface area contributed by atoms with Crippen molar-refractivity contribution in [3.63, 3.8) is 0 Å². The quantitative estimate of drug-likeness (QED) is 0.156. The van der Waals surface area contributed by atoms with Crippen LogP contribution in [0.1, 0.15) is 60.5 Å². The molecular formula is C40H34ClN3O3S. The Labute approximate surface area is 287 Å². The Hall–Kier alpha value is -4.98. The molecule has 0 fully saturated rings. The van der Waals surface area contributed by atoms with Crippen LogP contribution in [0.2, 0.25) is 5.02 Å². The van der Waals surface area contributed by atoms with Crippen LogP contribution in [0.4, 0.5) is 0 Å². The molecule has 0 amide bonds. The second-order valence-corrected chi connectivity index (χ2v) is 13.6. The van der Waals surface area contributed by atoms with Gasteiger partial charge in [0.15, 0.2) is 4.80 Å². The van der Waals surface area contributed by atoms with Gasteiger partial charge in [-0.15, -0.1) is 0 Å². The smallest absolute Gasteiger partial charge is 0.338 e. The van der Waals surface area contributed by atoms with Crippen molar-refractivity contribution in [2.45, 2.75) is 39.3 Å². The van der Waals surface area contributed by atoms with Crippen LogP contribution in [0.25, 0.3) is 22.7 Å². The molecule has 0 N–H and O–H groups in total. The van der Waals surface area contributed by atoms with Gasteiger partial charge in [-0.05, 0) is 53.8 Å². The van der Waals surface area contributed by atoms with Gasteiger partial charge in [0, 0.05) is 39.8 Å². The highest BCUT2D eigenvalue weighted by Crippen LogP contribution is 2.35. The summed E-state index contributed by atoms with van der Waals surface area (Å²) in [4.78, 5) is 33.8. The molecule has 48 heavy (non-hydrogen) atoms. The van der Waals surface area contributed by atoms with Crippen LogP contribution >= 0.6 is 22.9 Å². The van der Waals surface area contributed by atoms with Crippen LogP contribution in [0, 0.1) is 0 Å². The molecule has 240 valence electrons. The second-order valence-electron chi connectivity index (χ2n) is 12.1. The Kier molecular flexibility index (Phi) is 8.73. The fourth-order valence-electron chi connectivity index (χ4n) is 6.31. The average Bonchev–Trinajstić information content (AvgIpc) is 3.60. The summed E-state index contributed by atoms with van der Waals surface area (Å²) in [5, 5.41) is 1.72. The van der Waals surface area contributed by atoms with Crippen molar-refractivity contribution in [1.29, 1.82) is 0 Å². The lowest BCUT2D eigenvalue weighted by atomic mass is 9.91. The molecule has 1 aliphatic heterocycles. The molecule has 0 saturated carbocycles. The number of nitrogens with zero attached hydrogens (tertiary/aromatic N) is 3. The van der Waals surface area contributed by atoms with Crippen LogP contribution < -0.4 is 14.9 Å². The number of carbonyl (C=O) groups is 1. The third-order valence-electron chi connectivity index (χ3n) is 8.64. The Morgan fingerprint density at radius 3 is 2.46 bits per heavy atom. The first-order chi connectivity index (χ1) is 23.3. The molecule has 3 heterocycles. The number of fused-ring (bicyclic) bond motifs is 2. The SMILES string of the molecule is CCOC(=O)C1=C(c2ccccc2)N=c2s/c(=C\c3cn(Cc4cccc(Cl)c4)c4ccccc34)c(=O)n2[C@H]1c1ccc(C(C)C)cc1. The minimum absolute atomic E-state index is 0.201. The number of thiazole rings is 1. The van der Waals surface area contributed by atoms with E-state index in [1.54, 1.807) is 11.5 Å². The number of benzene rings is 4. The Morgan fingerprint density at radius 1 is 0.979 bits per heavy atom. The van der Waals surface area contributed by atoms with Gasteiger partial charge in [0.1, 0.15) is 0 Å². The van der Waals surface area contributed by atoms with E-state index in [9.17, 15) is 9.59 Å². The molecule has 1 atom stereocenters. The largest absolute Gasteiger partial charge is 0.463 e. The molecule has 0 aliphatic carbocycles. The van der Waals surface area contributed by atoms with Gasteiger partial charge in [0.05, 0.1) is 28.5 Å². The van der Waals surface area contributed by atoms with Crippen LogP contribution in [-0.2, 0) is 16.1 Å². The van der Waals surface area contributed by atoms with Gasteiger partial charge in [0.25, 0.3) is 5.56 Å². The monoisotopic (exact) mass is 671 g/mol. The molecule has 8 heteroatoms. The number of rotatable bonds is 8. The van der Waals surface area contributed by atoms with E-state index in [2.05, 4.69) is 54.9 Å². The maximum absolute atomic E-state index is 14.5. The number of hydrogen-bond acceptors (Lipinski definition) is 5. The van der Waals surface area contributed by atoms with Gasteiger partial charge in [-0.1, -0.05) is 122 Å². The zero-order valence-electron chi connectivity index (χ0n) is 26.9. The number of para-hydroxylation sites is 1. The Bertz CT molecular complexity index is 2370. The summed E-state index contributed by atoms with van der Waals surface area (Å²) in [5.41, 5.74) is 6.47. The summed E-state index contributed by atoms with van der Waals surface area (Å²) in [6, 6.07) is 33.1. The Morgan fingerprint density at radius 2 is 1.73 bits per heavy atom. The molecule has 0 bridgehead atoms. The zero-order chi connectivity index (χ0) is 33.4. The summed E-state index contributed by atoms with van der Waals surface area (Å²) in [6.45, 7) is 6.90.